The Hall–Kier alpha value is -1.10. The largest absolute Gasteiger partial charge is 0.459 e. The van der Waals surface area contributed by atoms with Crippen LogP contribution in [0.25, 0.3) is 0 Å². The van der Waals surface area contributed by atoms with E-state index in [2.05, 4.69) is 17.1 Å². The second kappa shape index (κ2) is 7.42. The van der Waals surface area contributed by atoms with Crippen molar-refractivity contribution < 1.29 is 14.3 Å². The molecule has 5 atom stereocenters. The minimum atomic E-state index is -0.313. The zero-order chi connectivity index (χ0) is 17.3. The van der Waals surface area contributed by atoms with Gasteiger partial charge in [-0.25, -0.2) is 0 Å². The fourth-order valence-electron chi connectivity index (χ4n) is 5.08. The number of carbonyl (C=O) groups is 2. The first-order valence-electron chi connectivity index (χ1n) is 9.74. The normalized spacial score (nSPS) is 36.1. The Balaban J connectivity index is 1.85. The molecule has 1 heterocycles. The first kappa shape index (κ1) is 17.7. The summed E-state index contributed by atoms with van der Waals surface area (Å²) in [5.74, 6) is 0.530. The Morgan fingerprint density at radius 1 is 1.17 bits per heavy atom. The van der Waals surface area contributed by atoms with Gasteiger partial charge in [-0.3, -0.25) is 14.9 Å². The smallest absolute Gasteiger partial charge is 0.303 e. The van der Waals surface area contributed by atoms with Gasteiger partial charge in [-0.15, -0.1) is 0 Å². The van der Waals surface area contributed by atoms with Crippen molar-refractivity contribution >= 4 is 11.9 Å². The lowest BCUT2D eigenvalue weighted by Crippen LogP contribution is -2.70. The zero-order valence-electron chi connectivity index (χ0n) is 15.3. The van der Waals surface area contributed by atoms with Crippen molar-refractivity contribution in [3.05, 3.63) is 0 Å². The minimum absolute atomic E-state index is 0.0847. The highest BCUT2D eigenvalue weighted by atomic mass is 16.5. The number of rotatable bonds is 3. The summed E-state index contributed by atoms with van der Waals surface area (Å²) in [6.07, 6.45) is 8.63. The molecule has 5 nitrogen and oxygen atoms in total. The van der Waals surface area contributed by atoms with Crippen molar-refractivity contribution in [2.75, 3.05) is 0 Å². The summed E-state index contributed by atoms with van der Waals surface area (Å²) in [6.45, 7) is 5.57. The third-order valence-electron chi connectivity index (χ3n) is 6.21. The van der Waals surface area contributed by atoms with Gasteiger partial charge in [-0.1, -0.05) is 32.6 Å². The number of carbonyl (C=O) groups excluding carboxylic acids is 2. The van der Waals surface area contributed by atoms with Crippen LogP contribution in [0.1, 0.15) is 72.1 Å². The van der Waals surface area contributed by atoms with Crippen LogP contribution in [-0.4, -0.2) is 41.1 Å². The van der Waals surface area contributed by atoms with Crippen LogP contribution < -0.4 is 5.32 Å². The molecule has 0 radical (unpaired) electrons. The quantitative estimate of drug-likeness (QED) is 0.805. The molecule has 3 fully saturated rings. The van der Waals surface area contributed by atoms with E-state index in [1.54, 1.807) is 0 Å². The molecule has 5 unspecified atom stereocenters. The van der Waals surface area contributed by atoms with Crippen LogP contribution in [0, 0.1) is 11.8 Å². The Morgan fingerprint density at radius 3 is 2.54 bits per heavy atom. The summed E-state index contributed by atoms with van der Waals surface area (Å²) in [5.41, 5.74) is 0. The minimum Gasteiger partial charge on any atom is -0.459 e. The molecular formula is C19H32N2O3. The van der Waals surface area contributed by atoms with E-state index in [0.29, 0.717) is 11.8 Å². The summed E-state index contributed by atoms with van der Waals surface area (Å²) in [6, 6.07) is 0.515. The third-order valence-corrected chi connectivity index (χ3v) is 6.21. The average molecular weight is 336 g/mol. The Bertz CT molecular complexity index is 475. The number of amides is 1. The lowest BCUT2D eigenvalue weighted by molar-refractivity contribution is -0.168. The lowest BCUT2D eigenvalue weighted by Gasteiger charge is -2.52. The maximum absolute atomic E-state index is 13.4. The maximum Gasteiger partial charge on any atom is 0.303 e. The van der Waals surface area contributed by atoms with E-state index in [-0.39, 0.29) is 36.2 Å². The van der Waals surface area contributed by atoms with E-state index in [4.69, 9.17) is 4.74 Å². The van der Waals surface area contributed by atoms with Crippen molar-refractivity contribution in [1.82, 2.24) is 10.2 Å². The molecule has 1 N–H and O–H groups in total. The van der Waals surface area contributed by atoms with Crippen LogP contribution >= 0.6 is 0 Å². The first-order chi connectivity index (χ1) is 11.5. The van der Waals surface area contributed by atoms with Crippen LogP contribution in [0.3, 0.4) is 0 Å². The predicted octanol–water partition coefficient (Wildman–Crippen LogP) is 2.83. The van der Waals surface area contributed by atoms with Crippen LogP contribution in [-0.2, 0) is 14.3 Å². The standard InChI is InChI=1S/C19H32N2O3/c1-12-8-7-11-16-17(12)19(23)21(15-9-5-4-6-10-15)18(20-16)13(2)24-14(3)22/h12-13,15-18,20H,4-11H2,1-3H3. The molecule has 136 valence electrons. The molecule has 1 amide bonds. The fraction of sp³-hybridized carbons (Fsp3) is 0.895. The number of hydrogen-bond acceptors (Lipinski definition) is 4. The van der Waals surface area contributed by atoms with E-state index in [9.17, 15) is 9.59 Å². The molecule has 3 rings (SSSR count). The first-order valence-corrected chi connectivity index (χ1v) is 9.74. The van der Waals surface area contributed by atoms with Crippen molar-refractivity contribution in [2.45, 2.75) is 96.5 Å². The molecule has 2 aliphatic carbocycles. The second-order valence-corrected chi connectivity index (χ2v) is 8.00. The summed E-state index contributed by atoms with van der Waals surface area (Å²) >= 11 is 0. The molecule has 1 aliphatic heterocycles. The summed E-state index contributed by atoms with van der Waals surface area (Å²) < 4.78 is 5.47. The predicted molar refractivity (Wildman–Crippen MR) is 92.2 cm³/mol. The number of nitrogens with one attached hydrogen (secondary N) is 1. The van der Waals surface area contributed by atoms with E-state index in [1.165, 1.54) is 32.6 Å². The molecular weight excluding hydrogens is 304 g/mol. The van der Waals surface area contributed by atoms with E-state index < -0.39 is 0 Å². The van der Waals surface area contributed by atoms with Gasteiger partial charge in [-0.2, -0.15) is 0 Å². The van der Waals surface area contributed by atoms with E-state index >= 15 is 0 Å². The number of hydrogen-bond donors (Lipinski definition) is 1. The molecule has 0 bridgehead atoms. The van der Waals surface area contributed by atoms with Crippen molar-refractivity contribution in [1.29, 1.82) is 0 Å². The Morgan fingerprint density at radius 2 is 1.88 bits per heavy atom. The van der Waals surface area contributed by atoms with Crippen molar-refractivity contribution in [2.24, 2.45) is 11.8 Å². The van der Waals surface area contributed by atoms with E-state index in [1.807, 2.05) is 6.92 Å². The van der Waals surface area contributed by atoms with Gasteiger partial charge in [0.15, 0.2) is 0 Å². The highest BCUT2D eigenvalue weighted by molar-refractivity contribution is 5.81. The second-order valence-electron chi connectivity index (χ2n) is 8.00. The number of nitrogens with zero attached hydrogens (tertiary/aromatic N) is 1. The molecule has 0 aromatic rings. The highest BCUT2D eigenvalue weighted by Crippen LogP contribution is 2.38. The third kappa shape index (κ3) is 3.46. The summed E-state index contributed by atoms with van der Waals surface area (Å²) in [5, 5.41) is 3.70. The van der Waals surface area contributed by atoms with Gasteiger partial charge in [-0.05, 0) is 38.5 Å². The van der Waals surface area contributed by atoms with Crippen LogP contribution in [0.15, 0.2) is 0 Å². The zero-order valence-corrected chi connectivity index (χ0v) is 15.3. The van der Waals surface area contributed by atoms with Gasteiger partial charge in [0.05, 0.1) is 5.92 Å². The maximum atomic E-state index is 13.4. The van der Waals surface area contributed by atoms with Gasteiger partial charge >= 0.3 is 5.97 Å². The van der Waals surface area contributed by atoms with E-state index in [0.717, 1.165) is 25.7 Å². The summed E-state index contributed by atoms with van der Waals surface area (Å²) in [4.78, 5) is 26.9. The molecule has 24 heavy (non-hydrogen) atoms. The molecule has 5 heteroatoms. The molecule has 0 aromatic carbocycles. The topological polar surface area (TPSA) is 58.6 Å². The van der Waals surface area contributed by atoms with Crippen LogP contribution in [0.4, 0.5) is 0 Å². The summed E-state index contributed by atoms with van der Waals surface area (Å²) in [7, 11) is 0. The Kier molecular flexibility index (Phi) is 5.48. The monoisotopic (exact) mass is 336 g/mol. The highest BCUT2D eigenvalue weighted by Gasteiger charge is 2.49. The SMILES string of the molecule is CC(=O)OC(C)C1NC2CCCC(C)C2C(=O)N1C1CCCCC1. The number of ether oxygens (including phenoxy) is 1. The van der Waals surface area contributed by atoms with Crippen molar-refractivity contribution in [3.63, 3.8) is 0 Å². The average Bonchev–Trinajstić information content (AvgIpc) is 2.54. The fourth-order valence-corrected chi connectivity index (χ4v) is 5.08. The van der Waals surface area contributed by atoms with Gasteiger partial charge in [0.2, 0.25) is 5.91 Å². The molecule has 2 saturated carbocycles. The number of esters is 1. The van der Waals surface area contributed by atoms with Gasteiger partial charge in [0, 0.05) is 19.0 Å². The van der Waals surface area contributed by atoms with Crippen LogP contribution in [0.2, 0.25) is 0 Å². The number of fused-ring (bicyclic) bond motifs is 1. The lowest BCUT2D eigenvalue weighted by atomic mass is 9.73. The van der Waals surface area contributed by atoms with Crippen molar-refractivity contribution in [3.8, 4) is 0 Å². The van der Waals surface area contributed by atoms with Crippen LogP contribution in [0.5, 0.6) is 0 Å². The Labute approximate surface area is 145 Å². The van der Waals surface area contributed by atoms with Gasteiger partial charge in [0.25, 0.3) is 0 Å². The van der Waals surface area contributed by atoms with Gasteiger partial charge in [0.1, 0.15) is 12.3 Å². The molecule has 3 aliphatic rings. The molecule has 1 saturated heterocycles. The molecule has 0 aromatic heterocycles. The molecule has 0 spiro atoms. The van der Waals surface area contributed by atoms with Gasteiger partial charge < -0.3 is 9.64 Å².